The maximum atomic E-state index is 10.7. The molecule has 0 N–H and O–H groups in total. The molecule has 0 fully saturated rings. The van der Waals surface area contributed by atoms with E-state index in [1.54, 1.807) is 18.5 Å². The van der Waals surface area contributed by atoms with Gasteiger partial charge in [0, 0.05) is 6.54 Å². The van der Waals surface area contributed by atoms with Crippen LogP contribution in [-0.4, -0.2) is 18.5 Å². The van der Waals surface area contributed by atoms with Crippen LogP contribution in [-0.2, 0) is 17.6 Å². The summed E-state index contributed by atoms with van der Waals surface area (Å²) in [6.45, 7) is 6.08. The fraction of sp³-hybridized carbons (Fsp3) is 0.571. The minimum atomic E-state index is -2.17. The van der Waals surface area contributed by atoms with Crippen LogP contribution in [0.3, 0.4) is 0 Å². The fourth-order valence-electron chi connectivity index (χ4n) is 1.23. The Morgan fingerprint density at radius 3 is 2.31 bits per heavy atom. The maximum absolute atomic E-state index is 10.7. The molecular formula is C7H11N2NaO2S. The molecule has 0 amide bonds. The van der Waals surface area contributed by atoms with E-state index in [9.17, 15) is 8.76 Å². The van der Waals surface area contributed by atoms with E-state index in [-0.39, 0.29) is 29.6 Å². The largest absolute Gasteiger partial charge is 1.00 e. The Bertz CT molecular complexity index is 325. The van der Waals surface area contributed by atoms with Gasteiger partial charge < -0.3 is 4.55 Å². The Labute approximate surface area is 102 Å². The second kappa shape index (κ2) is 5.26. The second-order valence-electron chi connectivity index (χ2n) is 2.55. The Hall–Kier alpha value is 0.320. The summed E-state index contributed by atoms with van der Waals surface area (Å²) >= 11 is -2.17. The molecular weight excluding hydrogens is 199 g/mol. The smallest absolute Gasteiger partial charge is 0.768 e. The summed E-state index contributed by atoms with van der Waals surface area (Å²) in [5, 5.41) is 4.07. The minimum absolute atomic E-state index is 0. The van der Waals surface area contributed by atoms with Crippen molar-refractivity contribution in [2.75, 3.05) is 0 Å². The number of aromatic nitrogens is 2. The Kier molecular flexibility index (Phi) is 5.39. The molecule has 13 heavy (non-hydrogen) atoms. The van der Waals surface area contributed by atoms with Crippen LogP contribution in [0.15, 0.2) is 4.90 Å². The third-order valence-electron chi connectivity index (χ3n) is 1.78. The molecule has 0 radical (unpaired) electrons. The van der Waals surface area contributed by atoms with Gasteiger partial charge in [-0.05, 0) is 31.9 Å². The summed E-state index contributed by atoms with van der Waals surface area (Å²) < 4.78 is 23.1. The van der Waals surface area contributed by atoms with E-state index < -0.39 is 11.1 Å². The molecule has 0 spiro atoms. The van der Waals surface area contributed by atoms with E-state index in [0.29, 0.717) is 22.8 Å². The van der Waals surface area contributed by atoms with Crippen LogP contribution in [0, 0.1) is 13.8 Å². The number of nitrogens with zero attached hydrogens (tertiary/aromatic N) is 2. The summed E-state index contributed by atoms with van der Waals surface area (Å²) in [5.41, 5.74) is 1.28. The number of hydrogen-bond donors (Lipinski definition) is 0. The molecule has 0 aromatic carbocycles. The van der Waals surface area contributed by atoms with Gasteiger partial charge in [0.15, 0.2) is 0 Å². The SMILES string of the molecule is CCn1nc(C)c(S(=O)[O-])c1C.[Na+]. The predicted molar refractivity (Wildman–Crippen MR) is 44.6 cm³/mol. The van der Waals surface area contributed by atoms with Crippen molar-refractivity contribution in [1.29, 1.82) is 0 Å². The van der Waals surface area contributed by atoms with Gasteiger partial charge in [-0.25, -0.2) is 0 Å². The number of rotatable bonds is 2. The van der Waals surface area contributed by atoms with E-state index in [2.05, 4.69) is 5.10 Å². The van der Waals surface area contributed by atoms with Crippen LogP contribution in [0.25, 0.3) is 0 Å². The number of aryl methyl sites for hydroxylation is 2. The maximum Gasteiger partial charge on any atom is 1.00 e. The van der Waals surface area contributed by atoms with Gasteiger partial charge in [-0.1, -0.05) is 0 Å². The zero-order valence-electron chi connectivity index (χ0n) is 8.33. The van der Waals surface area contributed by atoms with E-state index >= 15 is 0 Å². The topological polar surface area (TPSA) is 58.0 Å². The van der Waals surface area contributed by atoms with Crippen molar-refractivity contribution in [3.63, 3.8) is 0 Å². The number of hydrogen-bond acceptors (Lipinski definition) is 3. The molecule has 0 saturated heterocycles. The van der Waals surface area contributed by atoms with Crippen molar-refractivity contribution in [3.05, 3.63) is 11.4 Å². The molecule has 68 valence electrons. The molecule has 1 aromatic rings. The molecule has 1 heterocycles. The van der Waals surface area contributed by atoms with Crippen LogP contribution in [0.2, 0.25) is 0 Å². The fourth-order valence-corrected chi connectivity index (χ4v) is 1.86. The average molecular weight is 210 g/mol. The summed E-state index contributed by atoms with van der Waals surface area (Å²) in [5.74, 6) is 0. The van der Waals surface area contributed by atoms with E-state index in [4.69, 9.17) is 0 Å². The molecule has 1 aromatic heterocycles. The van der Waals surface area contributed by atoms with Gasteiger partial charge in [0.05, 0.1) is 16.3 Å². The molecule has 4 nitrogen and oxygen atoms in total. The van der Waals surface area contributed by atoms with Crippen molar-refractivity contribution in [3.8, 4) is 0 Å². The van der Waals surface area contributed by atoms with Crippen molar-refractivity contribution in [2.24, 2.45) is 0 Å². The first-order valence-corrected chi connectivity index (χ1v) is 4.78. The van der Waals surface area contributed by atoms with Crippen LogP contribution >= 0.6 is 0 Å². The van der Waals surface area contributed by atoms with Crippen LogP contribution < -0.4 is 29.6 Å². The summed E-state index contributed by atoms with van der Waals surface area (Å²) in [6, 6.07) is 0. The standard InChI is InChI=1S/C7H12N2O2S.Na/c1-4-9-6(3)7(12(10)11)5(2)8-9;/h4H2,1-3H3,(H,10,11);/q;+1/p-1. The van der Waals surface area contributed by atoms with E-state index in [1.807, 2.05) is 6.92 Å². The third kappa shape index (κ3) is 2.63. The van der Waals surface area contributed by atoms with Gasteiger partial charge in [-0.15, -0.1) is 0 Å². The van der Waals surface area contributed by atoms with Gasteiger partial charge in [0.1, 0.15) is 0 Å². The third-order valence-corrected chi connectivity index (χ3v) is 2.71. The molecule has 0 aliphatic carbocycles. The summed E-state index contributed by atoms with van der Waals surface area (Å²) in [6.07, 6.45) is 0. The predicted octanol–water partition coefficient (Wildman–Crippen LogP) is -2.24. The Morgan fingerprint density at radius 1 is 1.54 bits per heavy atom. The Morgan fingerprint density at radius 2 is 2.08 bits per heavy atom. The summed E-state index contributed by atoms with van der Waals surface area (Å²) in [7, 11) is 0. The molecule has 1 rings (SSSR count). The van der Waals surface area contributed by atoms with E-state index in [1.165, 1.54) is 0 Å². The first-order valence-electron chi connectivity index (χ1n) is 3.71. The normalized spacial score (nSPS) is 12.3. The average Bonchev–Trinajstić information content (AvgIpc) is 2.25. The quantitative estimate of drug-likeness (QED) is 0.410. The van der Waals surface area contributed by atoms with Crippen LogP contribution in [0.4, 0.5) is 0 Å². The first kappa shape index (κ1) is 13.3. The van der Waals surface area contributed by atoms with E-state index in [0.717, 1.165) is 0 Å². The molecule has 1 unspecified atom stereocenters. The van der Waals surface area contributed by atoms with Crippen molar-refractivity contribution >= 4 is 11.1 Å². The van der Waals surface area contributed by atoms with Crippen molar-refractivity contribution < 1.29 is 38.3 Å². The van der Waals surface area contributed by atoms with Gasteiger partial charge in [0.25, 0.3) is 0 Å². The minimum Gasteiger partial charge on any atom is -0.768 e. The Balaban J connectivity index is 0.00000144. The summed E-state index contributed by atoms with van der Waals surface area (Å²) in [4.78, 5) is 0.330. The molecule has 0 aliphatic heterocycles. The zero-order valence-corrected chi connectivity index (χ0v) is 11.1. The second-order valence-corrected chi connectivity index (χ2v) is 3.43. The van der Waals surface area contributed by atoms with Gasteiger partial charge in [0.2, 0.25) is 0 Å². The first-order chi connectivity index (χ1) is 5.57. The molecule has 0 bridgehead atoms. The monoisotopic (exact) mass is 210 g/mol. The zero-order chi connectivity index (χ0) is 9.30. The van der Waals surface area contributed by atoms with Gasteiger partial charge in [-0.3, -0.25) is 8.89 Å². The molecule has 0 saturated carbocycles. The van der Waals surface area contributed by atoms with Gasteiger partial charge in [-0.2, -0.15) is 5.10 Å². The van der Waals surface area contributed by atoms with Gasteiger partial charge >= 0.3 is 29.6 Å². The molecule has 6 heteroatoms. The van der Waals surface area contributed by atoms with Crippen LogP contribution in [0.1, 0.15) is 18.3 Å². The van der Waals surface area contributed by atoms with Crippen LogP contribution in [0.5, 0.6) is 0 Å². The van der Waals surface area contributed by atoms with Crippen molar-refractivity contribution in [2.45, 2.75) is 32.2 Å². The van der Waals surface area contributed by atoms with Crippen molar-refractivity contribution in [1.82, 2.24) is 9.78 Å². The molecule has 1 atom stereocenters. The molecule has 0 aliphatic rings.